The van der Waals surface area contributed by atoms with Crippen molar-refractivity contribution in [2.24, 2.45) is 5.84 Å². The van der Waals surface area contributed by atoms with Gasteiger partial charge >= 0.3 is 0 Å². The number of nitrogens with one attached hydrogen (secondary N) is 2. The third-order valence-corrected chi connectivity index (χ3v) is 2.61. The topological polar surface area (TPSA) is 79.1 Å². The molecule has 0 aliphatic heterocycles. The molecular formula is C11H22N6. The van der Waals surface area contributed by atoms with E-state index in [1.165, 1.54) is 0 Å². The lowest BCUT2D eigenvalue weighted by atomic mass is 10.4. The van der Waals surface area contributed by atoms with Gasteiger partial charge in [-0.3, -0.25) is 5.43 Å². The highest BCUT2D eigenvalue weighted by atomic mass is 15.3. The Kier molecular flexibility index (Phi) is 5.65. The molecule has 0 unspecified atom stereocenters. The Morgan fingerprint density at radius 1 is 1.29 bits per heavy atom. The number of nitrogen functional groups attached to an aromatic ring is 1. The second kappa shape index (κ2) is 7.03. The largest absolute Gasteiger partial charge is 0.369 e. The van der Waals surface area contributed by atoms with Crippen LogP contribution in [0, 0.1) is 6.92 Å². The number of hydrogen-bond donors (Lipinski definition) is 3. The maximum Gasteiger partial charge on any atom is 0.239 e. The van der Waals surface area contributed by atoms with Crippen molar-refractivity contribution in [1.82, 2.24) is 14.9 Å². The van der Waals surface area contributed by atoms with Crippen LogP contribution >= 0.6 is 0 Å². The van der Waals surface area contributed by atoms with E-state index in [2.05, 4.69) is 39.5 Å². The lowest BCUT2D eigenvalue weighted by molar-refractivity contribution is 0.316. The van der Waals surface area contributed by atoms with E-state index in [0.717, 1.165) is 37.7 Å². The van der Waals surface area contributed by atoms with Gasteiger partial charge in [0.05, 0.1) is 0 Å². The Hall–Kier alpha value is -1.40. The van der Waals surface area contributed by atoms with Crippen LogP contribution < -0.4 is 16.6 Å². The van der Waals surface area contributed by atoms with Crippen LogP contribution in [0.3, 0.4) is 0 Å². The number of rotatable bonds is 7. The summed E-state index contributed by atoms with van der Waals surface area (Å²) in [6.45, 7) is 10.2. The molecule has 0 fully saturated rings. The summed E-state index contributed by atoms with van der Waals surface area (Å²) in [4.78, 5) is 10.7. The number of nitrogens with zero attached hydrogens (tertiary/aromatic N) is 3. The van der Waals surface area contributed by atoms with Crippen LogP contribution in [0.4, 0.5) is 11.8 Å². The Balaban J connectivity index is 2.48. The molecule has 17 heavy (non-hydrogen) atoms. The first kappa shape index (κ1) is 13.7. The van der Waals surface area contributed by atoms with Gasteiger partial charge in [-0.05, 0) is 20.0 Å². The fraction of sp³-hybridized carbons (Fsp3) is 0.636. The number of anilines is 2. The number of aromatic nitrogens is 2. The average Bonchev–Trinajstić information content (AvgIpc) is 2.34. The van der Waals surface area contributed by atoms with Gasteiger partial charge in [-0.25, -0.2) is 10.8 Å². The van der Waals surface area contributed by atoms with Crippen LogP contribution in [-0.2, 0) is 0 Å². The number of likely N-dealkylation sites (N-methyl/N-ethyl adjacent to an activating group) is 1. The van der Waals surface area contributed by atoms with Gasteiger partial charge in [0.25, 0.3) is 0 Å². The lowest BCUT2D eigenvalue weighted by Crippen LogP contribution is -2.28. The zero-order chi connectivity index (χ0) is 12.7. The van der Waals surface area contributed by atoms with E-state index in [1.54, 1.807) is 0 Å². The van der Waals surface area contributed by atoms with Crippen molar-refractivity contribution < 1.29 is 0 Å². The smallest absolute Gasteiger partial charge is 0.239 e. The van der Waals surface area contributed by atoms with E-state index < -0.39 is 0 Å². The molecular weight excluding hydrogens is 216 g/mol. The molecule has 1 aromatic rings. The molecule has 6 nitrogen and oxygen atoms in total. The lowest BCUT2D eigenvalue weighted by Gasteiger charge is -2.18. The molecule has 1 aromatic heterocycles. The standard InChI is InChI=1S/C11H22N6/c1-4-17(5-2)7-6-13-10-8-9(3)14-11(15-10)16-12/h8H,4-7,12H2,1-3H3,(H2,13,14,15,16). The van der Waals surface area contributed by atoms with Crippen LogP contribution in [0.25, 0.3) is 0 Å². The van der Waals surface area contributed by atoms with E-state index in [1.807, 2.05) is 13.0 Å². The van der Waals surface area contributed by atoms with Crippen LogP contribution in [0.1, 0.15) is 19.5 Å². The Morgan fingerprint density at radius 3 is 2.59 bits per heavy atom. The summed E-state index contributed by atoms with van der Waals surface area (Å²) in [6.07, 6.45) is 0. The average molecular weight is 238 g/mol. The summed E-state index contributed by atoms with van der Waals surface area (Å²) in [5.74, 6) is 6.54. The fourth-order valence-electron chi connectivity index (χ4n) is 1.61. The quantitative estimate of drug-likeness (QED) is 0.482. The van der Waals surface area contributed by atoms with Gasteiger partial charge in [-0.15, -0.1) is 0 Å². The molecule has 1 heterocycles. The van der Waals surface area contributed by atoms with E-state index in [9.17, 15) is 0 Å². The highest BCUT2D eigenvalue weighted by molar-refractivity contribution is 5.41. The Morgan fingerprint density at radius 2 is 2.00 bits per heavy atom. The molecule has 4 N–H and O–H groups in total. The first-order chi connectivity index (χ1) is 8.19. The minimum Gasteiger partial charge on any atom is -0.369 e. The van der Waals surface area contributed by atoms with Crippen molar-refractivity contribution in [2.45, 2.75) is 20.8 Å². The third kappa shape index (κ3) is 4.54. The monoisotopic (exact) mass is 238 g/mol. The predicted molar refractivity (Wildman–Crippen MR) is 70.9 cm³/mol. The van der Waals surface area contributed by atoms with Gasteiger partial charge in [0.2, 0.25) is 5.95 Å². The summed E-state index contributed by atoms with van der Waals surface area (Å²) in [5, 5.41) is 3.27. The second-order valence-electron chi connectivity index (χ2n) is 3.82. The minimum atomic E-state index is 0.440. The summed E-state index contributed by atoms with van der Waals surface area (Å²) < 4.78 is 0. The van der Waals surface area contributed by atoms with Gasteiger partial charge in [-0.1, -0.05) is 13.8 Å². The molecule has 0 amide bonds. The number of hydrogen-bond acceptors (Lipinski definition) is 6. The van der Waals surface area contributed by atoms with E-state index in [-0.39, 0.29) is 0 Å². The summed E-state index contributed by atoms with van der Waals surface area (Å²) in [7, 11) is 0. The first-order valence-electron chi connectivity index (χ1n) is 5.98. The van der Waals surface area contributed by atoms with E-state index >= 15 is 0 Å². The van der Waals surface area contributed by atoms with Crippen molar-refractivity contribution in [1.29, 1.82) is 0 Å². The molecule has 0 atom stereocenters. The van der Waals surface area contributed by atoms with Crippen molar-refractivity contribution in [3.63, 3.8) is 0 Å². The van der Waals surface area contributed by atoms with Crippen molar-refractivity contribution in [3.05, 3.63) is 11.8 Å². The molecule has 0 spiro atoms. The minimum absolute atomic E-state index is 0.440. The maximum atomic E-state index is 5.30. The molecule has 1 rings (SSSR count). The van der Waals surface area contributed by atoms with Crippen molar-refractivity contribution >= 4 is 11.8 Å². The SMILES string of the molecule is CCN(CC)CCNc1cc(C)nc(NN)n1. The third-order valence-electron chi connectivity index (χ3n) is 2.61. The number of nitrogens with two attached hydrogens (primary N) is 1. The van der Waals surface area contributed by atoms with Crippen LogP contribution in [-0.4, -0.2) is 41.0 Å². The highest BCUT2D eigenvalue weighted by Crippen LogP contribution is 2.08. The molecule has 96 valence electrons. The summed E-state index contributed by atoms with van der Waals surface area (Å²) in [5.41, 5.74) is 3.34. The van der Waals surface area contributed by atoms with E-state index in [4.69, 9.17) is 5.84 Å². The van der Waals surface area contributed by atoms with Gasteiger partial charge in [0.1, 0.15) is 5.82 Å². The van der Waals surface area contributed by atoms with Gasteiger partial charge < -0.3 is 10.2 Å². The van der Waals surface area contributed by atoms with Gasteiger partial charge in [0, 0.05) is 24.8 Å². The van der Waals surface area contributed by atoms with Crippen molar-refractivity contribution in [3.8, 4) is 0 Å². The number of hydrazine groups is 1. The second-order valence-corrected chi connectivity index (χ2v) is 3.82. The first-order valence-corrected chi connectivity index (χ1v) is 5.98. The maximum absolute atomic E-state index is 5.30. The Labute approximate surface area is 103 Å². The zero-order valence-corrected chi connectivity index (χ0v) is 10.8. The number of aryl methyl sites for hydroxylation is 1. The molecule has 0 aromatic carbocycles. The molecule has 0 saturated heterocycles. The fourth-order valence-corrected chi connectivity index (χ4v) is 1.61. The molecule has 0 bridgehead atoms. The predicted octanol–water partition coefficient (Wildman–Crippen LogP) is 0.824. The van der Waals surface area contributed by atoms with Crippen LogP contribution in [0.2, 0.25) is 0 Å². The summed E-state index contributed by atoms with van der Waals surface area (Å²) >= 11 is 0. The molecule has 6 heteroatoms. The zero-order valence-electron chi connectivity index (χ0n) is 10.8. The summed E-state index contributed by atoms with van der Waals surface area (Å²) in [6, 6.07) is 1.91. The van der Waals surface area contributed by atoms with Gasteiger partial charge in [-0.2, -0.15) is 4.98 Å². The molecule has 0 saturated carbocycles. The molecule has 0 aliphatic rings. The molecule has 0 radical (unpaired) electrons. The normalized spacial score (nSPS) is 10.6. The molecule has 0 aliphatic carbocycles. The Bertz CT molecular complexity index is 337. The van der Waals surface area contributed by atoms with Gasteiger partial charge in [0.15, 0.2) is 0 Å². The van der Waals surface area contributed by atoms with Crippen molar-refractivity contribution in [2.75, 3.05) is 36.9 Å². The van der Waals surface area contributed by atoms with Crippen LogP contribution in [0.5, 0.6) is 0 Å². The van der Waals surface area contributed by atoms with Crippen LogP contribution in [0.15, 0.2) is 6.07 Å². The highest BCUT2D eigenvalue weighted by Gasteiger charge is 2.02. The van der Waals surface area contributed by atoms with E-state index in [0.29, 0.717) is 5.95 Å².